The summed E-state index contributed by atoms with van der Waals surface area (Å²) in [7, 11) is -2.20. The molecule has 1 atom stereocenters. The highest BCUT2D eigenvalue weighted by Crippen LogP contribution is 2.56. The second kappa shape index (κ2) is 6.15. The zero-order valence-electron chi connectivity index (χ0n) is 13.8. The SMILES string of the molecule is CS(C)(=O)=Nc1cccc(NC(=O)NC2CC23CCCCC3)c1. The number of benzene rings is 1. The van der Waals surface area contributed by atoms with Gasteiger partial charge in [0.15, 0.2) is 0 Å². The van der Waals surface area contributed by atoms with Gasteiger partial charge >= 0.3 is 6.03 Å². The maximum Gasteiger partial charge on any atom is 0.319 e. The Labute approximate surface area is 138 Å². The fourth-order valence-corrected chi connectivity index (χ4v) is 4.20. The van der Waals surface area contributed by atoms with Crippen LogP contribution in [0.25, 0.3) is 0 Å². The second-order valence-electron chi connectivity index (χ2n) is 7.10. The third kappa shape index (κ3) is 4.25. The molecule has 1 spiro atoms. The Morgan fingerprint density at radius 1 is 1.26 bits per heavy atom. The third-order valence-electron chi connectivity index (χ3n) is 4.77. The van der Waals surface area contributed by atoms with Crippen LogP contribution >= 0.6 is 0 Å². The molecule has 2 aliphatic rings. The molecule has 0 saturated heterocycles. The first-order chi connectivity index (χ1) is 10.9. The number of anilines is 1. The number of hydrogen-bond acceptors (Lipinski definition) is 3. The smallest absolute Gasteiger partial charge is 0.319 e. The van der Waals surface area contributed by atoms with Gasteiger partial charge in [0.05, 0.1) is 5.69 Å². The average Bonchev–Trinajstić information content (AvgIpc) is 3.09. The number of rotatable bonds is 3. The lowest BCUT2D eigenvalue weighted by Crippen LogP contribution is -2.34. The number of carbonyl (C=O) groups is 1. The van der Waals surface area contributed by atoms with Crippen molar-refractivity contribution in [2.75, 3.05) is 17.8 Å². The van der Waals surface area contributed by atoms with Crippen molar-refractivity contribution >= 4 is 27.1 Å². The lowest BCUT2D eigenvalue weighted by Gasteiger charge is -2.22. The van der Waals surface area contributed by atoms with E-state index in [-0.39, 0.29) is 6.03 Å². The molecule has 1 aromatic rings. The highest BCUT2D eigenvalue weighted by molar-refractivity contribution is 7.92. The average molecular weight is 335 g/mol. The Morgan fingerprint density at radius 2 is 2.00 bits per heavy atom. The maximum atomic E-state index is 12.2. The van der Waals surface area contributed by atoms with E-state index in [4.69, 9.17) is 0 Å². The summed E-state index contributed by atoms with van der Waals surface area (Å²) < 4.78 is 15.9. The van der Waals surface area contributed by atoms with Crippen molar-refractivity contribution in [3.63, 3.8) is 0 Å². The van der Waals surface area contributed by atoms with Gasteiger partial charge in [-0.25, -0.2) is 9.00 Å². The summed E-state index contributed by atoms with van der Waals surface area (Å²) in [5, 5.41) is 5.95. The van der Waals surface area contributed by atoms with Crippen LogP contribution in [-0.4, -0.2) is 28.8 Å². The van der Waals surface area contributed by atoms with Crippen molar-refractivity contribution in [3.05, 3.63) is 24.3 Å². The van der Waals surface area contributed by atoms with Crippen LogP contribution in [0.2, 0.25) is 0 Å². The monoisotopic (exact) mass is 335 g/mol. The normalized spacial score (nSPS) is 22.4. The van der Waals surface area contributed by atoms with E-state index in [1.807, 2.05) is 6.07 Å². The van der Waals surface area contributed by atoms with Crippen LogP contribution in [0.15, 0.2) is 28.6 Å². The van der Waals surface area contributed by atoms with Crippen LogP contribution in [0, 0.1) is 5.41 Å². The van der Waals surface area contributed by atoms with Gasteiger partial charge in [0, 0.05) is 34.0 Å². The lowest BCUT2D eigenvalue weighted by molar-refractivity contribution is 0.247. The van der Waals surface area contributed by atoms with Gasteiger partial charge in [-0.15, -0.1) is 0 Å². The van der Waals surface area contributed by atoms with Gasteiger partial charge in [0.1, 0.15) is 0 Å². The van der Waals surface area contributed by atoms with Crippen molar-refractivity contribution < 1.29 is 9.00 Å². The molecule has 2 saturated carbocycles. The summed E-state index contributed by atoms with van der Waals surface area (Å²) in [5.74, 6) is 0. The standard InChI is InChI=1S/C17H25N3O2S/c1-23(2,22)20-14-8-6-7-13(11-14)18-16(21)19-15-12-17(15)9-4-3-5-10-17/h6-8,11,15H,3-5,9-10,12H2,1-2H3,(H2,18,19,21). The summed E-state index contributed by atoms with van der Waals surface area (Å²) in [6.45, 7) is 0. The molecule has 0 radical (unpaired) electrons. The molecular formula is C17H25N3O2S. The number of hydrogen-bond donors (Lipinski definition) is 2. The first-order valence-corrected chi connectivity index (χ1v) is 10.5. The summed E-state index contributed by atoms with van der Waals surface area (Å²) >= 11 is 0. The molecule has 5 nitrogen and oxygen atoms in total. The molecule has 6 heteroatoms. The van der Waals surface area contributed by atoms with Crippen molar-refractivity contribution in [3.8, 4) is 0 Å². The quantitative estimate of drug-likeness (QED) is 0.879. The second-order valence-corrected chi connectivity index (χ2v) is 9.65. The zero-order valence-corrected chi connectivity index (χ0v) is 14.6. The van der Waals surface area contributed by atoms with Gasteiger partial charge in [-0.2, -0.15) is 4.36 Å². The van der Waals surface area contributed by atoms with E-state index in [0.717, 1.165) is 6.42 Å². The number of carbonyl (C=O) groups excluding carboxylic acids is 1. The van der Waals surface area contributed by atoms with Crippen LogP contribution in [0.1, 0.15) is 38.5 Å². The molecule has 0 aromatic heterocycles. The lowest BCUT2D eigenvalue weighted by atomic mass is 9.86. The van der Waals surface area contributed by atoms with Crippen molar-refractivity contribution in [2.24, 2.45) is 9.78 Å². The minimum atomic E-state index is -2.20. The number of amides is 2. The molecule has 3 rings (SSSR count). The van der Waals surface area contributed by atoms with E-state index in [9.17, 15) is 9.00 Å². The molecule has 23 heavy (non-hydrogen) atoms. The number of nitrogens with zero attached hydrogens (tertiary/aromatic N) is 1. The minimum absolute atomic E-state index is 0.164. The van der Waals surface area contributed by atoms with Crippen molar-refractivity contribution in [1.29, 1.82) is 0 Å². The van der Waals surface area contributed by atoms with Crippen LogP contribution in [0.5, 0.6) is 0 Å². The highest BCUT2D eigenvalue weighted by Gasteiger charge is 2.54. The van der Waals surface area contributed by atoms with Gasteiger partial charge in [-0.05, 0) is 42.9 Å². The Kier molecular flexibility index (Phi) is 4.36. The summed E-state index contributed by atoms with van der Waals surface area (Å²) in [6, 6.07) is 7.31. The van der Waals surface area contributed by atoms with E-state index in [1.165, 1.54) is 32.1 Å². The molecular weight excluding hydrogens is 310 g/mol. The fourth-order valence-electron chi connectivity index (χ4n) is 3.58. The summed E-state index contributed by atoms with van der Waals surface area (Å²) in [6.07, 6.45) is 10.7. The number of nitrogens with one attached hydrogen (secondary N) is 2. The maximum absolute atomic E-state index is 12.2. The predicted molar refractivity (Wildman–Crippen MR) is 94.6 cm³/mol. The Morgan fingerprint density at radius 3 is 2.70 bits per heavy atom. The first kappa shape index (κ1) is 16.3. The van der Waals surface area contributed by atoms with E-state index in [1.54, 1.807) is 30.7 Å². The predicted octanol–water partition coefficient (Wildman–Crippen LogP) is 3.89. The van der Waals surface area contributed by atoms with Crippen LogP contribution < -0.4 is 10.6 Å². The Hall–Kier alpha value is -1.56. The van der Waals surface area contributed by atoms with Gasteiger partial charge < -0.3 is 10.6 Å². The van der Waals surface area contributed by atoms with Crippen molar-refractivity contribution in [2.45, 2.75) is 44.6 Å². The topological polar surface area (TPSA) is 70.6 Å². The van der Waals surface area contributed by atoms with Gasteiger partial charge in [-0.3, -0.25) is 0 Å². The molecule has 0 heterocycles. The van der Waals surface area contributed by atoms with Crippen LogP contribution in [0.3, 0.4) is 0 Å². The molecule has 2 fully saturated rings. The zero-order chi connectivity index (χ0) is 16.5. The van der Waals surface area contributed by atoms with Crippen molar-refractivity contribution in [1.82, 2.24) is 5.32 Å². The minimum Gasteiger partial charge on any atom is -0.335 e. The van der Waals surface area contributed by atoms with E-state index < -0.39 is 9.73 Å². The summed E-state index contributed by atoms with van der Waals surface area (Å²) in [4.78, 5) is 12.2. The van der Waals surface area contributed by atoms with E-state index >= 15 is 0 Å². The molecule has 126 valence electrons. The molecule has 1 aromatic carbocycles. The molecule has 2 aliphatic carbocycles. The Balaban J connectivity index is 1.58. The number of urea groups is 1. The molecule has 1 unspecified atom stereocenters. The third-order valence-corrected chi connectivity index (χ3v) is 5.42. The van der Waals surface area contributed by atoms with Gasteiger partial charge in [-0.1, -0.05) is 25.3 Å². The first-order valence-electron chi connectivity index (χ1n) is 8.21. The molecule has 0 bridgehead atoms. The molecule has 2 N–H and O–H groups in total. The largest absolute Gasteiger partial charge is 0.335 e. The van der Waals surface area contributed by atoms with Crippen LogP contribution in [0.4, 0.5) is 16.2 Å². The van der Waals surface area contributed by atoms with Gasteiger partial charge in [0.25, 0.3) is 0 Å². The molecule has 0 aliphatic heterocycles. The van der Waals surface area contributed by atoms with Crippen LogP contribution in [-0.2, 0) is 9.73 Å². The highest BCUT2D eigenvalue weighted by atomic mass is 32.2. The fraction of sp³-hybridized carbons (Fsp3) is 0.588. The summed E-state index contributed by atoms with van der Waals surface area (Å²) in [5.41, 5.74) is 1.67. The molecule has 2 amide bonds. The Bertz CT molecular complexity index is 708. The van der Waals surface area contributed by atoms with E-state index in [2.05, 4.69) is 15.0 Å². The van der Waals surface area contributed by atoms with E-state index in [0.29, 0.717) is 22.8 Å². The van der Waals surface area contributed by atoms with Gasteiger partial charge in [0.2, 0.25) is 0 Å².